The number of halogens is 1. The van der Waals surface area contributed by atoms with Crippen LogP contribution in [0.5, 0.6) is 0 Å². The van der Waals surface area contributed by atoms with Crippen LogP contribution in [0, 0.1) is 11.3 Å². The van der Waals surface area contributed by atoms with Crippen molar-refractivity contribution in [1.29, 1.82) is 5.26 Å². The Morgan fingerprint density at radius 2 is 2.21 bits per heavy atom. The molecule has 1 heterocycles. The van der Waals surface area contributed by atoms with Crippen LogP contribution in [0.25, 0.3) is 0 Å². The lowest BCUT2D eigenvalue weighted by molar-refractivity contribution is 0.259. The second kappa shape index (κ2) is 4.58. The minimum atomic E-state index is -1.65. The standard InChI is InChI=1S/C9H12BrNOSSi/c1-14(2,3)12-8(5-11)9-4-7(10)6-13-9/h4,6,8H,1-3H3. The van der Waals surface area contributed by atoms with Crippen molar-refractivity contribution < 1.29 is 4.43 Å². The molecular formula is C9H12BrNOSSi. The molecule has 0 fully saturated rings. The highest BCUT2D eigenvalue weighted by Gasteiger charge is 2.23. The summed E-state index contributed by atoms with van der Waals surface area (Å²) in [5.74, 6) is 0. The number of nitriles is 1. The second-order valence-electron chi connectivity index (χ2n) is 3.91. The molecule has 0 bridgehead atoms. The lowest BCUT2D eigenvalue weighted by Gasteiger charge is -2.20. The Morgan fingerprint density at radius 1 is 1.57 bits per heavy atom. The van der Waals surface area contributed by atoms with Crippen LogP contribution in [0.15, 0.2) is 15.9 Å². The molecule has 0 saturated carbocycles. The van der Waals surface area contributed by atoms with Gasteiger partial charge in [0.15, 0.2) is 14.4 Å². The van der Waals surface area contributed by atoms with Crippen molar-refractivity contribution in [2.75, 3.05) is 0 Å². The molecule has 76 valence electrons. The van der Waals surface area contributed by atoms with E-state index in [1.807, 2.05) is 11.4 Å². The van der Waals surface area contributed by atoms with E-state index in [-0.39, 0.29) is 0 Å². The lowest BCUT2D eigenvalue weighted by Crippen LogP contribution is -2.27. The Labute approximate surface area is 97.8 Å². The van der Waals surface area contributed by atoms with E-state index in [1.54, 1.807) is 11.3 Å². The third-order valence-electron chi connectivity index (χ3n) is 1.43. The first-order valence-corrected chi connectivity index (χ1v) is 9.32. The molecule has 14 heavy (non-hydrogen) atoms. The van der Waals surface area contributed by atoms with Crippen molar-refractivity contribution in [1.82, 2.24) is 0 Å². The van der Waals surface area contributed by atoms with E-state index in [1.165, 1.54) is 0 Å². The molecule has 0 saturated heterocycles. The topological polar surface area (TPSA) is 33.0 Å². The molecule has 1 aromatic heterocycles. The van der Waals surface area contributed by atoms with Crippen LogP contribution in [0.2, 0.25) is 19.6 Å². The van der Waals surface area contributed by atoms with Gasteiger partial charge in [-0.1, -0.05) is 0 Å². The fourth-order valence-electron chi connectivity index (χ4n) is 0.967. The van der Waals surface area contributed by atoms with Crippen molar-refractivity contribution >= 4 is 35.6 Å². The van der Waals surface area contributed by atoms with E-state index in [2.05, 4.69) is 41.6 Å². The van der Waals surface area contributed by atoms with Gasteiger partial charge in [0.25, 0.3) is 0 Å². The summed E-state index contributed by atoms with van der Waals surface area (Å²) in [6.07, 6.45) is -0.405. The second-order valence-corrected chi connectivity index (χ2v) is 10.2. The highest BCUT2D eigenvalue weighted by Crippen LogP contribution is 2.29. The smallest absolute Gasteiger partial charge is 0.186 e. The molecule has 0 aliphatic carbocycles. The summed E-state index contributed by atoms with van der Waals surface area (Å²) in [6.45, 7) is 6.25. The molecule has 0 spiro atoms. The van der Waals surface area contributed by atoms with Crippen LogP contribution in [-0.2, 0) is 4.43 Å². The summed E-state index contributed by atoms with van der Waals surface area (Å²) in [6, 6.07) is 4.13. The monoisotopic (exact) mass is 289 g/mol. The SMILES string of the molecule is C[Si](C)(C)OC(C#N)c1cc(Br)cs1. The van der Waals surface area contributed by atoms with E-state index in [0.29, 0.717) is 0 Å². The Balaban J connectivity index is 2.79. The van der Waals surface area contributed by atoms with E-state index in [0.717, 1.165) is 9.35 Å². The van der Waals surface area contributed by atoms with Crippen LogP contribution >= 0.6 is 27.3 Å². The number of thiophene rings is 1. The summed E-state index contributed by atoms with van der Waals surface area (Å²) in [7, 11) is -1.65. The molecule has 0 amide bonds. The highest BCUT2D eigenvalue weighted by molar-refractivity contribution is 9.10. The largest absolute Gasteiger partial charge is 0.398 e. The Bertz CT molecular complexity index is 352. The van der Waals surface area contributed by atoms with Gasteiger partial charge >= 0.3 is 0 Å². The van der Waals surface area contributed by atoms with Gasteiger partial charge in [-0.25, -0.2) is 0 Å². The van der Waals surface area contributed by atoms with Crippen molar-refractivity contribution in [2.24, 2.45) is 0 Å². The van der Waals surface area contributed by atoms with E-state index >= 15 is 0 Å². The van der Waals surface area contributed by atoms with Crippen LogP contribution in [-0.4, -0.2) is 8.32 Å². The molecule has 0 N–H and O–H groups in total. The fourth-order valence-corrected chi connectivity index (χ4v) is 3.35. The van der Waals surface area contributed by atoms with Gasteiger partial charge in [0, 0.05) is 14.7 Å². The zero-order valence-corrected chi connectivity index (χ0v) is 11.8. The van der Waals surface area contributed by atoms with Crippen molar-refractivity contribution in [2.45, 2.75) is 25.7 Å². The molecule has 1 atom stereocenters. The molecule has 1 unspecified atom stereocenters. The maximum atomic E-state index is 8.99. The molecule has 0 radical (unpaired) electrons. The van der Waals surface area contributed by atoms with Gasteiger partial charge in [-0.05, 0) is 41.6 Å². The van der Waals surface area contributed by atoms with Gasteiger partial charge in [0.1, 0.15) is 0 Å². The lowest BCUT2D eigenvalue weighted by atomic mass is 10.3. The number of nitrogens with zero attached hydrogens (tertiary/aromatic N) is 1. The average molecular weight is 290 g/mol. The van der Waals surface area contributed by atoms with Crippen molar-refractivity contribution in [3.63, 3.8) is 0 Å². The number of rotatable bonds is 3. The fraction of sp³-hybridized carbons (Fsp3) is 0.444. The maximum Gasteiger partial charge on any atom is 0.186 e. The van der Waals surface area contributed by atoms with Gasteiger partial charge in [-0.3, -0.25) is 0 Å². The van der Waals surface area contributed by atoms with Crippen molar-refractivity contribution in [3.05, 3.63) is 20.8 Å². The van der Waals surface area contributed by atoms with E-state index < -0.39 is 14.4 Å². The summed E-state index contributed by atoms with van der Waals surface area (Å²) >= 11 is 4.92. The third-order valence-corrected chi connectivity index (χ3v) is 4.11. The van der Waals surface area contributed by atoms with Gasteiger partial charge in [0.05, 0.1) is 6.07 Å². The molecule has 0 aliphatic heterocycles. The average Bonchev–Trinajstić information content (AvgIpc) is 2.46. The van der Waals surface area contributed by atoms with Crippen molar-refractivity contribution in [3.8, 4) is 6.07 Å². The molecule has 0 aliphatic rings. The quantitative estimate of drug-likeness (QED) is 0.790. The Morgan fingerprint density at radius 3 is 2.57 bits per heavy atom. The summed E-state index contributed by atoms with van der Waals surface area (Å²) in [4.78, 5) is 0.974. The van der Waals surface area contributed by atoms with Gasteiger partial charge in [0.2, 0.25) is 0 Å². The predicted octanol–water partition coefficient (Wildman–Crippen LogP) is 3.93. The zero-order chi connectivity index (χ0) is 10.8. The molecule has 2 nitrogen and oxygen atoms in total. The summed E-state index contributed by atoms with van der Waals surface area (Å²) in [5, 5.41) is 11.0. The first-order chi connectivity index (χ1) is 6.42. The minimum absolute atomic E-state index is 0.405. The van der Waals surface area contributed by atoms with Crippen LogP contribution in [0.3, 0.4) is 0 Å². The summed E-state index contributed by atoms with van der Waals surface area (Å²) in [5.41, 5.74) is 0. The first-order valence-electron chi connectivity index (χ1n) is 4.24. The Hall–Kier alpha value is -0.153. The maximum absolute atomic E-state index is 8.99. The molecular weight excluding hydrogens is 278 g/mol. The first kappa shape index (κ1) is 11.9. The summed E-state index contributed by atoms with van der Waals surface area (Å²) < 4.78 is 6.76. The minimum Gasteiger partial charge on any atom is -0.398 e. The van der Waals surface area contributed by atoms with Crippen LogP contribution < -0.4 is 0 Å². The number of hydrogen-bond donors (Lipinski definition) is 0. The predicted molar refractivity (Wildman–Crippen MR) is 64.8 cm³/mol. The molecule has 0 aromatic carbocycles. The van der Waals surface area contributed by atoms with E-state index in [9.17, 15) is 0 Å². The zero-order valence-electron chi connectivity index (χ0n) is 8.37. The van der Waals surface area contributed by atoms with Gasteiger partial charge < -0.3 is 4.43 Å². The van der Waals surface area contributed by atoms with Gasteiger partial charge in [-0.2, -0.15) is 5.26 Å². The molecule has 5 heteroatoms. The van der Waals surface area contributed by atoms with Crippen LogP contribution in [0.4, 0.5) is 0 Å². The molecule has 1 aromatic rings. The normalized spacial score (nSPS) is 13.6. The third kappa shape index (κ3) is 3.54. The van der Waals surface area contributed by atoms with Crippen LogP contribution in [0.1, 0.15) is 11.0 Å². The number of hydrogen-bond acceptors (Lipinski definition) is 3. The van der Waals surface area contributed by atoms with E-state index in [4.69, 9.17) is 9.69 Å². The highest BCUT2D eigenvalue weighted by atomic mass is 79.9. The molecule has 1 rings (SSSR count). The van der Waals surface area contributed by atoms with Gasteiger partial charge in [-0.15, -0.1) is 11.3 Å². The Kier molecular flexibility index (Phi) is 3.90.